The Labute approximate surface area is 271 Å². The standard InChI is InChI=1S/C31H30BrIN2O6S/c1-31(2,3)20-5-11-23(12-6-20)40-13-14-41-28-24(32)15-19(16-25(28)39-4)17-26-29(37)35(30(38)42-26)18-27(36)34-22-9-7-21(33)8-10-22/h5-12,15-17H,13-14,18H2,1-4H3,(H,34,36)/b26-17-. The molecule has 8 nitrogen and oxygen atoms in total. The molecule has 1 N–H and O–H groups in total. The van der Waals surface area contributed by atoms with Gasteiger partial charge in [0, 0.05) is 9.26 Å². The predicted octanol–water partition coefficient (Wildman–Crippen LogP) is 7.49. The number of halogens is 2. The van der Waals surface area contributed by atoms with Crippen LogP contribution in [0.4, 0.5) is 10.5 Å². The average Bonchev–Trinajstić information content (AvgIpc) is 3.19. The molecular formula is C31H30BrIN2O6S. The molecular weight excluding hydrogens is 735 g/mol. The number of hydrogen-bond donors (Lipinski definition) is 1. The fourth-order valence-electron chi connectivity index (χ4n) is 3.98. The monoisotopic (exact) mass is 764 g/mol. The number of imide groups is 1. The SMILES string of the molecule is COc1cc(/C=C2\SC(=O)N(CC(=O)Nc3ccc(I)cc3)C2=O)cc(Br)c1OCCOc1ccc(C(C)(C)C)cc1. The van der Waals surface area contributed by atoms with Crippen LogP contribution in [-0.4, -0.2) is 48.8 Å². The van der Waals surface area contributed by atoms with Gasteiger partial charge >= 0.3 is 0 Å². The quantitative estimate of drug-likeness (QED) is 0.130. The first-order chi connectivity index (χ1) is 19.9. The summed E-state index contributed by atoms with van der Waals surface area (Å²) in [5.74, 6) is 0.694. The van der Waals surface area contributed by atoms with E-state index in [0.29, 0.717) is 33.8 Å². The number of amides is 3. The lowest BCUT2D eigenvalue weighted by molar-refractivity contribution is -0.127. The van der Waals surface area contributed by atoms with E-state index in [2.05, 4.69) is 76.7 Å². The number of benzene rings is 3. The highest BCUT2D eigenvalue weighted by Crippen LogP contribution is 2.39. The van der Waals surface area contributed by atoms with Crippen LogP contribution in [0.3, 0.4) is 0 Å². The fraction of sp³-hybridized carbons (Fsp3) is 0.258. The lowest BCUT2D eigenvalue weighted by Gasteiger charge is -2.19. The number of thioether (sulfide) groups is 1. The minimum atomic E-state index is -0.536. The Morgan fingerprint density at radius 1 is 1.02 bits per heavy atom. The second-order valence-corrected chi connectivity index (χ2v) is 13.4. The molecule has 0 saturated carbocycles. The van der Waals surface area contributed by atoms with Gasteiger partial charge in [-0.25, -0.2) is 0 Å². The van der Waals surface area contributed by atoms with E-state index in [9.17, 15) is 14.4 Å². The van der Waals surface area contributed by atoms with Crippen LogP contribution in [0.2, 0.25) is 0 Å². The molecule has 1 saturated heterocycles. The second kappa shape index (κ2) is 14.0. The minimum Gasteiger partial charge on any atom is -0.493 e. The first kappa shape index (κ1) is 31.9. The van der Waals surface area contributed by atoms with Crippen molar-refractivity contribution in [2.45, 2.75) is 26.2 Å². The van der Waals surface area contributed by atoms with Crippen LogP contribution < -0.4 is 19.5 Å². The summed E-state index contributed by atoms with van der Waals surface area (Å²) < 4.78 is 18.9. The zero-order valence-electron chi connectivity index (χ0n) is 23.5. The molecule has 0 bridgehead atoms. The van der Waals surface area contributed by atoms with Crippen molar-refractivity contribution in [2.24, 2.45) is 0 Å². The molecule has 3 amide bonds. The Morgan fingerprint density at radius 2 is 1.69 bits per heavy atom. The maximum atomic E-state index is 13.0. The zero-order chi connectivity index (χ0) is 30.4. The molecule has 3 aromatic carbocycles. The lowest BCUT2D eigenvalue weighted by Crippen LogP contribution is -2.36. The van der Waals surface area contributed by atoms with Gasteiger partial charge in [-0.05, 0) is 121 Å². The van der Waals surface area contributed by atoms with Crippen LogP contribution in [-0.2, 0) is 15.0 Å². The molecule has 220 valence electrons. The molecule has 1 aliphatic heterocycles. The molecule has 0 atom stereocenters. The molecule has 11 heteroatoms. The summed E-state index contributed by atoms with van der Waals surface area (Å²) in [7, 11) is 1.52. The van der Waals surface area contributed by atoms with E-state index in [-0.39, 0.29) is 23.5 Å². The van der Waals surface area contributed by atoms with Crippen molar-refractivity contribution in [3.05, 3.63) is 84.7 Å². The third-order valence-corrected chi connectivity index (χ3v) is 8.39. The van der Waals surface area contributed by atoms with E-state index in [4.69, 9.17) is 14.2 Å². The number of methoxy groups -OCH3 is 1. The van der Waals surface area contributed by atoms with E-state index < -0.39 is 17.1 Å². The van der Waals surface area contributed by atoms with E-state index in [1.165, 1.54) is 12.7 Å². The van der Waals surface area contributed by atoms with Gasteiger partial charge in [-0.2, -0.15) is 0 Å². The van der Waals surface area contributed by atoms with Crippen LogP contribution >= 0.6 is 50.3 Å². The smallest absolute Gasteiger partial charge is 0.294 e. The summed E-state index contributed by atoms with van der Waals surface area (Å²) in [6.45, 7) is 6.72. The van der Waals surface area contributed by atoms with Gasteiger partial charge in [0.15, 0.2) is 11.5 Å². The zero-order valence-corrected chi connectivity index (χ0v) is 28.1. The fourth-order valence-corrected chi connectivity index (χ4v) is 5.75. The number of carbonyl (C=O) groups is 3. The van der Waals surface area contributed by atoms with Crippen LogP contribution in [0.1, 0.15) is 31.9 Å². The van der Waals surface area contributed by atoms with Crippen LogP contribution in [0.25, 0.3) is 6.08 Å². The van der Waals surface area contributed by atoms with Crippen LogP contribution in [0, 0.1) is 3.57 Å². The maximum Gasteiger partial charge on any atom is 0.294 e. The summed E-state index contributed by atoms with van der Waals surface area (Å²) in [6, 6.07) is 18.7. The van der Waals surface area contributed by atoms with Gasteiger partial charge in [-0.3, -0.25) is 19.3 Å². The third kappa shape index (κ3) is 8.29. The van der Waals surface area contributed by atoms with E-state index >= 15 is 0 Å². The van der Waals surface area contributed by atoms with E-state index in [0.717, 1.165) is 26.0 Å². The Kier molecular flexibility index (Phi) is 10.6. The highest BCUT2D eigenvalue weighted by atomic mass is 127. The van der Waals surface area contributed by atoms with Gasteiger partial charge in [0.05, 0.1) is 16.5 Å². The Balaban J connectivity index is 1.36. The average molecular weight is 765 g/mol. The van der Waals surface area contributed by atoms with Gasteiger partial charge in [0.25, 0.3) is 11.1 Å². The number of anilines is 1. The number of nitrogens with zero attached hydrogens (tertiary/aromatic N) is 1. The predicted molar refractivity (Wildman–Crippen MR) is 177 cm³/mol. The van der Waals surface area contributed by atoms with Crippen molar-refractivity contribution in [3.63, 3.8) is 0 Å². The molecule has 3 aromatic rings. The first-order valence-corrected chi connectivity index (χ1v) is 15.7. The molecule has 0 unspecified atom stereocenters. The van der Waals surface area contributed by atoms with Crippen molar-refractivity contribution in [1.82, 2.24) is 4.90 Å². The largest absolute Gasteiger partial charge is 0.493 e. The minimum absolute atomic E-state index is 0.0729. The molecule has 42 heavy (non-hydrogen) atoms. The molecule has 1 aliphatic rings. The molecule has 4 rings (SSSR count). The number of nitrogens with one attached hydrogen (secondary N) is 1. The highest BCUT2D eigenvalue weighted by molar-refractivity contribution is 14.1. The maximum absolute atomic E-state index is 13.0. The molecule has 0 radical (unpaired) electrons. The molecule has 0 spiro atoms. The van der Waals surface area contributed by atoms with Crippen molar-refractivity contribution < 1.29 is 28.6 Å². The topological polar surface area (TPSA) is 94.2 Å². The second-order valence-electron chi connectivity index (χ2n) is 10.3. The van der Waals surface area contributed by atoms with Gasteiger partial charge < -0.3 is 19.5 Å². The van der Waals surface area contributed by atoms with Crippen molar-refractivity contribution in [3.8, 4) is 17.2 Å². The van der Waals surface area contributed by atoms with Gasteiger partial charge in [-0.1, -0.05) is 32.9 Å². The summed E-state index contributed by atoms with van der Waals surface area (Å²) in [4.78, 5) is 39.1. The van der Waals surface area contributed by atoms with Crippen molar-refractivity contribution >= 4 is 79.1 Å². The van der Waals surface area contributed by atoms with E-state index in [1.54, 1.807) is 30.3 Å². The molecule has 0 aromatic heterocycles. The molecule has 0 aliphatic carbocycles. The van der Waals surface area contributed by atoms with Crippen LogP contribution in [0.15, 0.2) is 70.0 Å². The third-order valence-electron chi connectivity index (χ3n) is 6.17. The van der Waals surface area contributed by atoms with Crippen molar-refractivity contribution in [1.29, 1.82) is 0 Å². The normalized spacial score (nSPS) is 14.3. The van der Waals surface area contributed by atoms with Crippen LogP contribution in [0.5, 0.6) is 17.2 Å². The number of ether oxygens (including phenoxy) is 3. The Hall–Kier alpha value is -3.03. The summed E-state index contributed by atoms with van der Waals surface area (Å²) in [5, 5.41) is 2.19. The Morgan fingerprint density at radius 3 is 2.33 bits per heavy atom. The van der Waals surface area contributed by atoms with E-state index in [1.807, 2.05) is 24.3 Å². The number of carbonyl (C=O) groups excluding carboxylic acids is 3. The molecule has 1 fully saturated rings. The number of hydrogen-bond acceptors (Lipinski definition) is 7. The summed E-state index contributed by atoms with van der Waals surface area (Å²) in [6.07, 6.45) is 1.59. The van der Waals surface area contributed by atoms with Gasteiger partial charge in [-0.15, -0.1) is 0 Å². The summed E-state index contributed by atoms with van der Waals surface area (Å²) >= 11 is 6.47. The molecule has 1 heterocycles. The highest BCUT2D eigenvalue weighted by Gasteiger charge is 2.36. The number of rotatable bonds is 10. The van der Waals surface area contributed by atoms with Gasteiger partial charge in [0.1, 0.15) is 25.5 Å². The first-order valence-electron chi connectivity index (χ1n) is 13.0. The van der Waals surface area contributed by atoms with Gasteiger partial charge in [0.2, 0.25) is 5.91 Å². The Bertz CT molecular complexity index is 1500. The van der Waals surface area contributed by atoms with Crippen molar-refractivity contribution in [2.75, 3.05) is 32.2 Å². The lowest BCUT2D eigenvalue weighted by atomic mass is 9.87. The summed E-state index contributed by atoms with van der Waals surface area (Å²) in [5.41, 5.74) is 2.51.